The van der Waals surface area contributed by atoms with Crippen LogP contribution < -0.4 is 5.32 Å². The Labute approximate surface area is 127 Å². The van der Waals surface area contributed by atoms with Crippen molar-refractivity contribution in [3.05, 3.63) is 30.5 Å². The van der Waals surface area contributed by atoms with Gasteiger partial charge < -0.3 is 5.32 Å². The summed E-state index contributed by atoms with van der Waals surface area (Å²) in [7, 11) is 0. The van der Waals surface area contributed by atoms with E-state index in [1.54, 1.807) is 0 Å². The zero-order valence-electron chi connectivity index (χ0n) is 13.1. The van der Waals surface area contributed by atoms with Gasteiger partial charge in [0, 0.05) is 11.4 Å². The highest BCUT2D eigenvalue weighted by Gasteiger charge is 2.25. The molecule has 0 radical (unpaired) electrons. The summed E-state index contributed by atoms with van der Waals surface area (Å²) < 4.78 is 2.29. The standard InChI is InChI=1S/C18H27N3/c1-2-13-19-16-10-5-3-4-6-12-18(16)21-17-11-8-7-9-15(17)14-20-21/h7-9,11,14,16,18-19H,2-6,10,12-13H2,1H3. The lowest BCUT2D eigenvalue weighted by atomic mass is 9.92. The van der Waals surface area contributed by atoms with Crippen LogP contribution in [0.15, 0.2) is 30.5 Å². The van der Waals surface area contributed by atoms with E-state index in [0.717, 1.165) is 6.54 Å². The maximum Gasteiger partial charge on any atom is 0.0686 e. The summed E-state index contributed by atoms with van der Waals surface area (Å²) >= 11 is 0. The van der Waals surface area contributed by atoms with E-state index in [4.69, 9.17) is 5.10 Å². The van der Waals surface area contributed by atoms with Crippen molar-refractivity contribution in [3.63, 3.8) is 0 Å². The predicted molar refractivity (Wildman–Crippen MR) is 88.6 cm³/mol. The number of aromatic nitrogens is 2. The topological polar surface area (TPSA) is 29.9 Å². The molecule has 0 spiro atoms. The van der Waals surface area contributed by atoms with Crippen molar-refractivity contribution >= 4 is 10.9 Å². The number of fused-ring (bicyclic) bond motifs is 1. The third-order valence-electron chi connectivity index (χ3n) is 4.70. The maximum absolute atomic E-state index is 4.73. The molecule has 1 fully saturated rings. The lowest BCUT2D eigenvalue weighted by molar-refractivity contribution is 0.272. The van der Waals surface area contributed by atoms with Gasteiger partial charge in [-0.05, 0) is 31.9 Å². The van der Waals surface area contributed by atoms with Gasteiger partial charge in [0.25, 0.3) is 0 Å². The first-order chi connectivity index (χ1) is 10.4. The molecule has 1 aromatic carbocycles. The molecule has 2 atom stereocenters. The Kier molecular flexibility index (Phi) is 4.91. The largest absolute Gasteiger partial charge is 0.312 e. The van der Waals surface area contributed by atoms with E-state index < -0.39 is 0 Å². The van der Waals surface area contributed by atoms with Crippen LogP contribution >= 0.6 is 0 Å². The van der Waals surface area contributed by atoms with Crippen molar-refractivity contribution in [1.82, 2.24) is 15.1 Å². The van der Waals surface area contributed by atoms with Gasteiger partial charge in [-0.1, -0.05) is 50.8 Å². The predicted octanol–water partition coefficient (Wildman–Crippen LogP) is 4.30. The monoisotopic (exact) mass is 285 g/mol. The lowest BCUT2D eigenvalue weighted by Gasteiger charge is -2.31. The Morgan fingerprint density at radius 1 is 1.14 bits per heavy atom. The minimum atomic E-state index is 0.497. The van der Waals surface area contributed by atoms with E-state index in [1.807, 2.05) is 6.20 Å². The normalized spacial score (nSPS) is 23.9. The molecule has 114 valence electrons. The molecule has 1 heterocycles. The minimum Gasteiger partial charge on any atom is -0.312 e. The molecule has 3 heteroatoms. The molecule has 0 amide bonds. The summed E-state index contributed by atoms with van der Waals surface area (Å²) in [5.74, 6) is 0. The van der Waals surface area contributed by atoms with Crippen molar-refractivity contribution in [1.29, 1.82) is 0 Å². The highest BCUT2D eigenvalue weighted by Crippen LogP contribution is 2.29. The third-order valence-corrected chi connectivity index (χ3v) is 4.70. The molecule has 3 rings (SSSR count). The van der Waals surface area contributed by atoms with Crippen LogP contribution in [0.5, 0.6) is 0 Å². The molecule has 0 bridgehead atoms. The molecule has 1 aromatic heterocycles. The van der Waals surface area contributed by atoms with Gasteiger partial charge in [-0.3, -0.25) is 4.68 Å². The fraction of sp³-hybridized carbons (Fsp3) is 0.611. The highest BCUT2D eigenvalue weighted by molar-refractivity contribution is 5.78. The summed E-state index contributed by atoms with van der Waals surface area (Å²) in [5.41, 5.74) is 1.28. The molecule has 0 aliphatic heterocycles. The van der Waals surface area contributed by atoms with Crippen LogP contribution in [-0.4, -0.2) is 22.4 Å². The molecule has 2 unspecified atom stereocenters. The second kappa shape index (κ2) is 7.08. The smallest absolute Gasteiger partial charge is 0.0686 e. The average molecular weight is 285 g/mol. The van der Waals surface area contributed by atoms with Crippen molar-refractivity contribution < 1.29 is 0 Å². The van der Waals surface area contributed by atoms with Gasteiger partial charge in [-0.2, -0.15) is 5.10 Å². The molecular weight excluding hydrogens is 258 g/mol. The lowest BCUT2D eigenvalue weighted by Crippen LogP contribution is -2.39. The first-order valence-electron chi connectivity index (χ1n) is 8.56. The SMILES string of the molecule is CCCNC1CCCCCCC1n1ncc2ccccc21. The van der Waals surface area contributed by atoms with E-state index in [1.165, 1.54) is 55.8 Å². The molecule has 1 aliphatic rings. The van der Waals surface area contributed by atoms with Gasteiger partial charge in [-0.25, -0.2) is 0 Å². The van der Waals surface area contributed by atoms with Gasteiger partial charge in [0.05, 0.1) is 17.8 Å². The Morgan fingerprint density at radius 3 is 2.81 bits per heavy atom. The summed E-state index contributed by atoms with van der Waals surface area (Å²) in [4.78, 5) is 0. The summed E-state index contributed by atoms with van der Waals surface area (Å²) in [6.45, 7) is 3.36. The summed E-state index contributed by atoms with van der Waals surface area (Å²) in [6.07, 6.45) is 11.2. The molecule has 1 N–H and O–H groups in total. The average Bonchev–Trinajstić information content (AvgIpc) is 2.90. The molecule has 21 heavy (non-hydrogen) atoms. The molecular formula is C18H27N3. The first kappa shape index (κ1) is 14.6. The second-order valence-corrected chi connectivity index (χ2v) is 6.27. The molecule has 1 saturated carbocycles. The first-order valence-corrected chi connectivity index (χ1v) is 8.56. The van der Waals surface area contributed by atoms with Crippen molar-refractivity contribution in [2.45, 2.75) is 64.0 Å². The van der Waals surface area contributed by atoms with Crippen molar-refractivity contribution in [3.8, 4) is 0 Å². The quantitative estimate of drug-likeness (QED) is 0.907. The van der Waals surface area contributed by atoms with E-state index in [0.29, 0.717) is 12.1 Å². The highest BCUT2D eigenvalue weighted by atomic mass is 15.3. The van der Waals surface area contributed by atoms with Crippen LogP contribution in [0.25, 0.3) is 10.9 Å². The number of benzene rings is 1. The molecule has 2 aromatic rings. The van der Waals surface area contributed by atoms with Gasteiger partial charge in [0.1, 0.15) is 0 Å². The summed E-state index contributed by atoms with van der Waals surface area (Å²) in [5, 5.41) is 9.77. The van der Waals surface area contributed by atoms with Crippen LogP contribution in [0, 0.1) is 0 Å². The number of nitrogens with one attached hydrogen (secondary N) is 1. The van der Waals surface area contributed by atoms with Gasteiger partial charge in [0.2, 0.25) is 0 Å². The van der Waals surface area contributed by atoms with E-state index in [-0.39, 0.29) is 0 Å². The number of hydrogen-bond acceptors (Lipinski definition) is 2. The Bertz CT molecular complexity index is 558. The summed E-state index contributed by atoms with van der Waals surface area (Å²) in [6, 6.07) is 9.65. The van der Waals surface area contributed by atoms with Gasteiger partial charge in [0.15, 0.2) is 0 Å². The fourth-order valence-corrected chi connectivity index (χ4v) is 3.58. The Morgan fingerprint density at radius 2 is 1.95 bits per heavy atom. The van der Waals surface area contributed by atoms with Gasteiger partial charge in [-0.15, -0.1) is 0 Å². The van der Waals surface area contributed by atoms with E-state index in [9.17, 15) is 0 Å². The number of rotatable bonds is 4. The zero-order chi connectivity index (χ0) is 14.5. The maximum atomic E-state index is 4.73. The van der Waals surface area contributed by atoms with Crippen molar-refractivity contribution in [2.24, 2.45) is 0 Å². The third kappa shape index (κ3) is 3.29. The van der Waals surface area contributed by atoms with E-state index >= 15 is 0 Å². The Hall–Kier alpha value is -1.35. The van der Waals surface area contributed by atoms with E-state index in [2.05, 4.69) is 41.2 Å². The minimum absolute atomic E-state index is 0.497. The Balaban J connectivity index is 1.89. The van der Waals surface area contributed by atoms with Crippen LogP contribution in [0.4, 0.5) is 0 Å². The van der Waals surface area contributed by atoms with Crippen LogP contribution in [-0.2, 0) is 0 Å². The number of hydrogen-bond donors (Lipinski definition) is 1. The molecule has 0 saturated heterocycles. The number of nitrogens with zero attached hydrogens (tertiary/aromatic N) is 2. The van der Waals surface area contributed by atoms with Crippen LogP contribution in [0.3, 0.4) is 0 Å². The molecule has 3 nitrogen and oxygen atoms in total. The van der Waals surface area contributed by atoms with Crippen LogP contribution in [0.1, 0.15) is 57.9 Å². The van der Waals surface area contributed by atoms with Gasteiger partial charge >= 0.3 is 0 Å². The van der Waals surface area contributed by atoms with Crippen molar-refractivity contribution in [2.75, 3.05) is 6.54 Å². The molecule has 1 aliphatic carbocycles. The zero-order valence-corrected chi connectivity index (χ0v) is 13.1. The number of para-hydroxylation sites is 1. The fourth-order valence-electron chi connectivity index (χ4n) is 3.58. The van der Waals surface area contributed by atoms with Crippen LogP contribution in [0.2, 0.25) is 0 Å². The second-order valence-electron chi connectivity index (χ2n) is 6.27.